The number of hydrogen-bond acceptors (Lipinski definition) is 3. The molecule has 5 nitrogen and oxygen atoms in total. The van der Waals surface area contributed by atoms with Crippen molar-refractivity contribution in [3.63, 3.8) is 0 Å². The number of benzene rings is 2. The van der Waals surface area contributed by atoms with Gasteiger partial charge in [-0.15, -0.1) is 0 Å². The number of anilines is 1. The third-order valence-corrected chi connectivity index (χ3v) is 5.97. The van der Waals surface area contributed by atoms with E-state index in [0.29, 0.717) is 18.7 Å². The van der Waals surface area contributed by atoms with E-state index in [2.05, 4.69) is 34.5 Å². The van der Waals surface area contributed by atoms with Crippen molar-refractivity contribution in [2.75, 3.05) is 31.1 Å². The first kappa shape index (κ1) is 19.5. The quantitative estimate of drug-likeness (QED) is 0.851. The summed E-state index contributed by atoms with van der Waals surface area (Å²) >= 11 is 0. The fourth-order valence-electron chi connectivity index (χ4n) is 4.47. The molecule has 0 unspecified atom stereocenters. The largest absolute Gasteiger partial charge is 0.370 e. The molecule has 2 amide bonds. The van der Waals surface area contributed by atoms with Crippen LogP contribution in [0.3, 0.4) is 0 Å². The van der Waals surface area contributed by atoms with E-state index in [1.807, 2.05) is 30.3 Å². The van der Waals surface area contributed by atoms with E-state index in [-0.39, 0.29) is 17.9 Å². The maximum atomic E-state index is 12.9. The summed E-state index contributed by atoms with van der Waals surface area (Å²) in [6.07, 6.45) is 4.94. The van der Waals surface area contributed by atoms with Crippen LogP contribution in [0.4, 0.5) is 5.69 Å². The smallest absolute Gasteiger partial charge is 0.254 e. The Bertz CT molecular complexity index is 852. The van der Waals surface area contributed by atoms with Crippen LogP contribution in [0.15, 0.2) is 54.6 Å². The van der Waals surface area contributed by atoms with Gasteiger partial charge in [0, 0.05) is 37.4 Å². The minimum absolute atomic E-state index is 0.0284. The zero-order valence-electron chi connectivity index (χ0n) is 16.8. The molecule has 0 aliphatic carbocycles. The van der Waals surface area contributed by atoms with Crippen LogP contribution >= 0.6 is 0 Å². The zero-order valence-corrected chi connectivity index (χ0v) is 16.8. The summed E-state index contributed by atoms with van der Waals surface area (Å²) in [6, 6.07) is 17.4. The van der Waals surface area contributed by atoms with Gasteiger partial charge in [0.1, 0.15) is 6.04 Å². The first-order chi connectivity index (χ1) is 14.2. The van der Waals surface area contributed by atoms with Crippen LogP contribution in [0.1, 0.15) is 41.6 Å². The van der Waals surface area contributed by atoms with E-state index in [4.69, 9.17) is 0 Å². The molecule has 5 heteroatoms. The molecule has 2 aliphatic rings. The summed E-state index contributed by atoms with van der Waals surface area (Å²) < 4.78 is 0. The summed E-state index contributed by atoms with van der Waals surface area (Å²) in [6.45, 7) is 3.05. The Morgan fingerprint density at radius 1 is 0.931 bits per heavy atom. The number of carbonyl (C=O) groups is 2. The number of hydrogen-bond donors (Lipinski definition) is 1. The highest BCUT2D eigenvalue weighted by Crippen LogP contribution is 2.26. The summed E-state index contributed by atoms with van der Waals surface area (Å²) in [5, 5.41) is 3.09. The highest BCUT2D eigenvalue weighted by atomic mass is 16.2. The van der Waals surface area contributed by atoms with E-state index in [1.165, 1.54) is 11.3 Å². The molecule has 4 rings (SSSR count). The van der Waals surface area contributed by atoms with E-state index in [1.54, 1.807) is 4.90 Å². The standard InChI is InChI=1S/C24H29N3O2/c28-23(25-15-18-26-16-8-12-19-9-4-5-13-21(19)26)22-14-6-7-17-27(22)24(29)20-10-2-1-3-11-20/h1-5,9-11,13,22H,6-8,12,14-18H2,(H,25,28)/t22-/m1/s1. The fourth-order valence-corrected chi connectivity index (χ4v) is 4.47. The third-order valence-electron chi connectivity index (χ3n) is 5.97. The lowest BCUT2D eigenvalue weighted by atomic mass is 10.00. The van der Waals surface area contributed by atoms with Gasteiger partial charge in [-0.2, -0.15) is 0 Å². The number of nitrogens with zero attached hydrogens (tertiary/aromatic N) is 2. The van der Waals surface area contributed by atoms with Gasteiger partial charge in [-0.25, -0.2) is 0 Å². The molecule has 1 atom stereocenters. The number of likely N-dealkylation sites (tertiary alicyclic amines) is 1. The summed E-state index contributed by atoms with van der Waals surface area (Å²) in [7, 11) is 0. The number of nitrogens with one attached hydrogen (secondary N) is 1. The molecule has 1 fully saturated rings. The molecule has 0 aromatic heterocycles. The van der Waals surface area contributed by atoms with Crippen LogP contribution in [0.2, 0.25) is 0 Å². The maximum Gasteiger partial charge on any atom is 0.254 e. The lowest BCUT2D eigenvalue weighted by Gasteiger charge is -2.35. The second-order valence-corrected chi connectivity index (χ2v) is 7.89. The molecule has 0 bridgehead atoms. The molecule has 29 heavy (non-hydrogen) atoms. The number of fused-ring (bicyclic) bond motifs is 1. The van der Waals surface area contributed by atoms with E-state index in [0.717, 1.165) is 45.2 Å². The zero-order chi connectivity index (χ0) is 20.1. The topological polar surface area (TPSA) is 52.7 Å². The molecule has 1 saturated heterocycles. The first-order valence-electron chi connectivity index (χ1n) is 10.7. The third kappa shape index (κ3) is 4.44. The Kier molecular flexibility index (Phi) is 6.13. The predicted molar refractivity (Wildman–Crippen MR) is 115 cm³/mol. The van der Waals surface area contributed by atoms with Crippen molar-refractivity contribution >= 4 is 17.5 Å². The second-order valence-electron chi connectivity index (χ2n) is 7.89. The van der Waals surface area contributed by atoms with Gasteiger partial charge in [0.15, 0.2) is 0 Å². The maximum absolute atomic E-state index is 12.9. The minimum Gasteiger partial charge on any atom is -0.370 e. The first-order valence-corrected chi connectivity index (χ1v) is 10.7. The van der Waals surface area contributed by atoms with Crippen LogP contribution in [-0.2, 0) is 11.2 Å². The lowest BCUT2D eigenvalue weighted by Crippen LogP contribution is -2.52. The van der Waals surface area contributed by atoms with E-state index in [9.17, 15) is 9.59 Å². The SMILES string of the molecule is O=C(NCCN1CCCc2ccccc21)[C@H]1CCCCN1C(=O)c1ccccc1. The van der Waals surface area contributed by atoms with Gasteiger partial charge in [-0.1, -0.05) is 36.4 Å². The Morgan fingerprint density at radius 2 is 1.72 bits per heavy atom. The Labute approximate surface area is 172 Å². The average Bonchev–Trinajstić information content (AvgIpc) is 2.79. The average molecular weight is 392 g/mol. The summed E-state index contributed by atoms with van der Waals surface area (Å²) in [5.41, 5.74) is 3.32. The van der Waals surface area contributed by atoms with Gasteiger partial charge in [-0.3, -0.25) is 9.59 Å². The second kappa shape index (κ2) is 9.12. The van der Waals surface area contributed by atoms with Gasteiger partial charge >= 0.3 is 0 Å². The fraction of sp³-hybridized carbons (Fsp3) is 0.417. The number of carbonyl (C=O) groups excluding carboxylic acids is 2. The van der Waals surface area contributed by atoms with Crippen molar-refractivity contribution in [1.82, 2.24) is 10.2 Å². The van der Waals surface area contributed by atoms with Gasteiger partial charge in [-0.05, 0) is 55.9 Å². The molecular weight excluding hydrogens is 362 g/mol. The molecule has 0 spiro atoms. The molecule has 0 saturated carbocycles. The van der Waals surface area contributed by atoms with Crippen LogP contribution in [0, 0.1) is 0 Å². The number of aryl methyl sites for hydroxylation is 1. The van der Waals surface area contributed by atoms with Crippen molar-refractivity contribution in [3.8, 4) is 0 Å². The van der Waals surface area contributed by atoms with Crippen molar-refractivity contribution in [3.05, 3.63) is 65.7 Å². The number of rotatable bonds is 5. The number of piperidine rings is 1. The van der Waals surface area contributed by atoms with Crippen molar-refractivity contribution < 1.29 is 9.59 Å². The van der Waals surface area contributed by atoms with Crippen LogP contribution < -0.4 is 10.2 Å². The van der Waals surface area contributed by atoms with Gasteiger partial charge in [0.05, 0.1) is 0 Å². The molecule has 152 valence electrons. The lowest BCUT2D eigenvalue weighted by molar-refractivity contribution is -0.126. The van der Waals surface area contributed by atoms with Gasteiger partial charge < -0.3 is 15.1 Å². The van der Waals surface area contributed by atoms with Crippen LogP contribution in [0.25, 0.3) is 0 Å². The Morgan fingerprint density at radius 3 is 2.59 bits per heavy atom. The number of para-hydroxylation sites is 1. The minimum atomic E-state index is -0.370. The predicted octanol–water partition coefficient (Wildman–Crippen LogP) is 3.25. The Balaban J connectivity index is 1.35. The monoisotopic (exact) mass is 391 g/mol. The molecule has 1 N–H and O–H groups in total. The van der Waals surface area contributed by atoms with Gasteiger partial charge in [0.25, 0.3) is 5.91 Å². The molecular formula is C24H29N3O2. The summed E-state index contributed by atoms with van der Waals surface area (Å²) in [5.74, 6) is -0.0744. The van der Waals surface area contributed by atoms with Crippen molar-refractivity contribution in [2.24, 2.45) is 0 Å². The molecule has 2 aromatic rings. The van der Waals surface area contributed by atoms with Gasteiger partial charge in [0.2, 0.25) is 5.91 Å². The molecule has 2 aliphatic heterocycles. The van der Waals surface area contributed by atoms with E-state index < -0.39 is 0 Å². The number of amides is 2. The Hall–Kier alpha value is -2.82. The van der Waals surface area contributed by atoms with Crippen LogP contribution in [-0.4, -0.2) is 48.9 Å². The molecule has 2 aromatic carbocycles. The highest BCUT2D eigenvalue weighted by molar-refractivity contribution is 5.97. The molecule has 2 heterocycles. The molecule has 0 radical (unpaired) electrons. The summed E-state index contributed by atoms with van der Waals surface area (Å²) in [4.78, 5) is 29.9. The highest BCUT2D eigenvalue weighted by Gasteiger charge is 2.32. The normalized spacial score (nSPS) is 18.8. The van der Waals surface area contributed by atoms with Crippen molar-refractivity contribution in [1.29, 1.82) is 0 Å². The van der Waals surface area contributed by atoms with Crippen molar-refractivity contribution in [2.45, 2.75) is 38.1 Å². The van der Waals surface area contributed by atoms with Crippen LogP contribution in [0.5, 0.6) is 0 Å². The van der Waals surface area contributed by atoms with E-state index >= 15 is 0 Å².